The monoisotopic (exact) mass is 350 g/mol. The van der Waals surface area contributed by atoms with E-state index < -0.39 is 27.5 Å². The second-order valence-corrected chi connectivity index (χ2v) is 7.35. The molecule has 0 atom stereocenters. The van der Waals surface area contributed by atoms with Gasteiger partial charge in [-0.25, -0.2) is 8.42 Å². The number of sulfonamides is 1. The number of amides is 1. The molecule has 0 heterocycles. The highest BCUT2D eigenvalue weighted by Gasteiger charge is 2.36. The molecule has 1 N–H and O–H groups in total. The zero-order chi connectivity index (χ0) is 17.3. The van der Waals surface area contributed by atoms with Gasteiger partial charge in [0.15, 0.2) is 0 Å². The number of anilines is 1. The molecule has 5 nitrogen and oxygen atoms in total. The number of benzene rings is 1. The molecule has 0 aliphatic heterocycles. The first-order valence-electron chi connectivity index (χ1n) is 7.02. The van der Waals surface area contributed by atoms with Crippen molar-refractivity contribution in [2.45, 2.75) is 31.5 Å². The molecule has 128 valence electrons. The SMILES string of the molecule is CS(=O)(=O)N(CCC(=O)NC1CC1)c1ccccc1C(F)(F)F. The van der Waals surface area contributed by atoms with E-state index in [1.807, 2.05) is 0 Å². The third kappa shape index (κ3) is 4.85. The molecule has 0 unspecified atom stereocenters. The molecule has 1 aromatic carbocycles. The van der Waals surface area contributed by atoms with E-state index in [1.54, 1.807) is 0 Å². The van der Waals surface area contributed by atoms with Gasteiger partial charge in [-0.15, -0.1) is 0 Å². The lowest BCUT2D eigenvalue weighted by Gasteiger charge is -2.25. The third-order valence-electron chi connectivity index (χ3n) is 3.36. The van der Waals surface area contributed by atoms with Gasteiger partial charge in [0, 0.05) is 19.0 Å². The van der Waals surface area contributed by atoms with Gasteiger partial charge < -0.3 is 5.32 Å². The van der Waals surface area contributed by atoms with Crippen LogP contribution in [0.25, 0.3) is 0 Å². The minimum Gasteiger partial charge on any atom is -0.353 e. The predicted molar refractivity (Wildman–Crippen MR) is 79.4 cm³/mol. The Labute approximate surface area is 132 Å². The van der Waals surface area contributed by atoms with Crippen molar-refractivity contribution >= 4 is 21.6 Å². The molecule has 1 aliphatic carbocycles. The van der Waals surface area contributed by atoms with Crippen LogP contribution in [0.4, 0.5) is 18.9 Å². The Morgan fingerprint density at radius 3 is 2.43 bits per heavy atom. The fraction of sp³-hybridized carbons (Fsp3) is 0.500. The summed E-state index contributed by atoms with van der Waals surface area (Å²) in [5.74, 6) is -0.370. The number of nitrogens with zero attached hydrogens (tertiary/aromatic N) is 1. The first-order chi connectivity index (χ1) is 10.6. The Kier molecular flexibility index (Phi) is 4.88. The van der Waals surface area contributed by atoms with Crippen LogP contribution in [-0.2, 0) is 21.0 Å². The summed E-state index contributed by atoms with van der Waals surface area (Å²) >= 11 is 0. The van der Waals surface area contributed by atoms with E-state index >= 15 is 0 Å². The lowest BCUT2D eigenvalue weighted by atomic mass is 10.1. The maximum absolute atomic E-state index is 13.1. The Morgan fingerprint density at radius 1 is 1.30 bits per heavy atom. The maximum Gasteiger partial charge on any atom is 0.418 e. The highest BCUT2D eigenvalue weighted by atomic mass is 32.2. The summed E-state index contributed by atoms with van der Waals surface area (Å²) in [6.45, 7) is -0.343. The van der Waals surface area contributed by atoms with Crippen LogP contribution in [0, 0.1) is 0 Å². The van der Waals surface area contributed by atoms with Gasteiger partial charge in [-0.1, -0.05) is 12.1 Å². The van der Waals surface area contributed by atoms with Gasteiger partial charge in [0.05, 0.1) is 17.5 Å². The van der Waals surface area contributed by atoms with E-state index in [2.05, 4.69) is 5.32 Å². The second kappa shape index (κ2) is 6.38. The highest BCUT2D eigenvalue weighted by molar-refractivity contribution is 7.92. The summed E-state index contributed by atoms with van der Waals surface area (Å²) in [7, 11) is -3.96. The lowest BCUT2D eigenvalue weighted by molar-refractivity contribution is -0.137. The molecule has 1 saturated carbocycles. The van der Waals surface area contributed by atoms with Gasteiger partial charge >= 0.3 is 6.18 Å². The van der Waals surface area contributed by atoms with Gasteiger partial charge in [0.25, 0.3) is 0 Å². The minimum atomic E-state index is -4.68. The van der Waals surface area contributed by atoms with Gasteiger partial charge in [0.2, 0.25) is 15.9 Å². The summed E-state index contributed by atoms with van der Waals surface area (Å²) in [6, 6.07) is 4.52. The van der Waals surface area contributed by atoms with Crippen molar-refractivity contribution in [3.63, 3.8) is 0 Å². The zero-order valence-electron chi connectivity index (χ0n) is 12.4. The number of rotatable bonds is 6. The smallest absolute Gasteiger partial charge is 0.353 e. The lowest BCUT2D eigenvalue weighted by Crippen LogP contribution is -2.36. The van der Waals surface area contributed by atoms with Crippen LogP contribution >= 0.6 is 0 Å². The molecule has 0 saturated heterocycles. The molecule has 9 heteroatoms. The molecule has 0 bridgehead atoms. The number of para-hydroxylation sites is 1. The normalized spacial score (nSPS) is 15.3. The van der Waals surface area contributed by atoms with E-state index in [-0.39, 0.29) is 24.9 Å². The fourth-order valence-electron chi connectivity index (χ4n) is 2.13. The van der Waals surface area contributed by atoms with Gasteiger partial charge in [-0.2, -0.15) is 13.2 Å². The Hall–Kier alpha value is -1.77. The second-order valence-electron chi connectivity index (χ2n) is 5.44. The summed E-state index contributed by atoms with van der Waals surface area (Å²) < 4.78 is 63.6. The van der Waals surface area contributed by atoms with E-state index in [4.69, 9.17) is 0 Å². The zero-order valence-corrected chi connectivity index (χ0v) is 13.2. The molecule has 0 spiro atoms. The first kappa shape index (κ1) is 17.6. The predicted octanol–water partition coefficient (Wildman–Crippen LogP) is 2.14. The quantitative estimate of drug-likeness (QED) is 0.855. The first-order valence-corrected chi connectivity index (χ1v) is 8.87. The molecule has 0 aromatic heterocycles. The maximum atomic E-state index is 13.1. The molecule has 2 rings (SSSR count). The van der Waals surface area contributed by atoms with Crippen molar-refractivity contribution in [3.05, 3.63) is 29.8 Å². The standard InChI is InChI=1S/C14H17F3N2O3S/c1-23(21,22)19(9-8-13(20)18-10-6-7-10)12-5-3-2-4-11(12)14(15,16)17/h2-5,10H,6-9H2,1H3,(H,18,20). The molecule has 1 amide bonds. The van der Waals surface area contributed by atoms with Crippen molar-refractivity contribution in [2.75, 3.05) is 17.1 Å². The summed E-state index contributed by atoms with van der Waals surface area (Å²) in [4.78, 5) is 11.7. The number of nitrogens with one attached hydrogen (secondary N) is 1. The van der Waals surface area contributed by atoms with Crippen molar-refractivity contribution in [2.24, 2.45) is 0 Å². The van der Waals surface area contributed by atoms with E-state index in [0.717, 1.165) is 31.2 Å². The molecule has 23 heavy (non-hydrogen) atoms. The number of carbonyl (C=O) groups is 1. The number of hydrogen-bond donors (Lipinski definition) is 1. The van der Waals surface area contributed by atoms with E-state index in [1.165, 1.54) is 12.1 Å². The van der Waals surface area contributed by atoms with Gasteiger partial charge in [-0.3, -0.25) is 9.10 Å². The van der Waals surface area contributed by atoms with Crippen LogP contribution in [0.2, 0.25) is 0 Å². The van der Waals surface area contributed by atoms with Crippen LogP contribution in [0.5, 0.6) is 0 Å². The van der Waals surface area contributed by atoms with E-state index in [9.17, 15) is 26.4 Å². The molecular formula is C14H17F3N2O3S. The van der Waals surface area contributed by atoms with Gasteiger partial charge in [0.1, 0.15) is 0 Å². The number of alkyl halides is 3. The van der Waals surface area contributed by atoms with Crippen LogP contribution in [-0.4, -0.2) is 33.2 Å². The number of halogens is 3. The number of hydrogen-bond acceptors (Lipinski definition) is 3. The Balaban J connectivity index is 2.24. The average Bonchev–Trinajstić information content (AvgIpc) is 3.20. The minimum absolute atomic E-state index is 0.108. The summed E-state index contributed by atoms with van der Waals surface area (Å²) in [5.41, 5.74) is -1.52. The van der Waals surface area contributed by atoms with E-state index in [0.29, 0.717) is 4.31 Å². The van der Waals surface area contributed by atoms with Crippen LogP contribution in [0.1, 0.15) is 24.8 Å². The Morgan fingerprint density at radius 2 is 1.91 bits per heavy atom. The van der Waals surface area contributed by atoms with Crippen molar-refractivity contribution in [3.8, 4) is 0 Å². The molecule has 1 fully saturated rings. The van der Waals surface area contributed by atoms with Crippen molar-refractivity contribution in [1.82, 2.24) is 5.32 Å². The highest BCUT2D eigenvalue weighted by Crippen LogP contribution is 2.37. The topological polar surface area (TPSA) is 66.5 Å². The molecular weight excluding hydrogens is 333 g/mol. The largest absolute Gasteiger partial charge is 0.418 e. The third-order valence-corrected chi connectivity index (χ3v) is 4.54. The van der Waals surface area contributed by atoms with Crippen molar-refractivity contribution < 1.29 is 26.4 Å². The van der Waals surface area contributed by atoms with Crippen LogP contribution in [0.15, 0.2) is 24.3 Å². The number of carbonyl (C=O) groups excluding carboxylic acids is 1. The fourth-order valence-corrected chi connectivity index (χ4v) is 3.07. The Bertz CT molecular complexity index is 685. The summed E-state index contributed by atoms with van der Waals surface area (Å²) in [5, 5.41) is 2.67. The van der Waals surface area contributed by atoms with Crippen LogP contribution in [0.3, 0.4) is 0 Å². The molecule has 0 radical (unpaired) electrons. The average molecular weight is 350 g/mol. The summed E-state index contributed by atoms with van der Waals surface area (Å²) in [6.07, 6.45) is -2.32. The van der Waals surface area contributed by atoms with Crippen LogP contribution < -0.4 is 9.62 Å². The van der Waals surface area contributed by atoms with Crippen molar-refractivity contribution in [1.29, 1.82) is 0 Å². The molecule has 1 aliphatic rings. The molecule has 1 aromatic rings. The van der Waals surface area contributed by atoms with Gasteiger partial charge in [-0.05, 0) is 25.0 Å².